The third kappa shape index (κ3) is 10.6. The molecule has 2 unspecified atom stereocenters. The molecule has 0 amide bonds. The second-order valence-corrected chi connectivity index (χ2v) is 18.7. The van der Waals surface area contributed by atoms with E-state index >= 15 is 0 Å². The Morgan fingerprint density at radius 3 is 1.09 bits per heavy atom. The monoisotopic (exact) mass is 1030 g/mol. The number of unbranched alkanes of at least 4 members (excludes halogenated alkanes) is 2. The van der Waals surface area contributed by atoms with Crippen molar-refractivity contribution >= 4 is 89.5 Å². The van der Waals surface area contributed by atoms with Gasteiger partial charge in [-0.15, -0.1) is 0 Å². The molecule has 0 aliphatic carbocycles. The maximum atomic E-state index is 13.2. The zero-order valence-electron chi connectivity index (χ0n) is 42.1. The first-order valence-corrected chi connectivity index (χ1v) is 25.0. The number of aromatic hydroxyl groups is 4. The van der Waals surface area contributed by atoms with Crippen molar-refractivity contribution in [3.63, 3.8) is 0 Å². The van der Waals surface area contributed by atoms with Crippen molar-refractivity contribution in [3.05, 3.63) is 168 Å². The Hall–Kier alpha value is -8.35. The summed E-state index contributed by atoms with van der Waals surface area (Å²) in [7, 11) is -1.77. The van der Waals surface area contributed by atoms with Crippen molar-refractivity contribution in [1.29, 1.82) is 0 Å². The van der Waals surface area contributed by atoms with Gasteiger partial charge in [0.2, 0.25) is 0 Å². The van der Waals surface area contributed by atoms with Gasteiger partial charge in [-0.25, -0.2) is 9.59 Å². The minimum Gasteiger partial charge on any atom is -0.507 e. The molecular weight excluding hydrogens is 978 g/mol. The van der Waals surface area contributed by atoms with Crippen molar-refractivity contribution in [2.45, 2.75) is 92.2 Å². The van der Waals surface area contributed by atoms with Crippen LogP contribution in [0.4, 0.5) is 0 Å². The van der Waals surface area contributed by atoms with Crippen LogP contribution in [0.15, 0.2) is 128 Å². The van der Waals surface area contributed by atoms with E-state index in [4.69, 9.17) is 14.8 Å². The Morgan fingerprint density at radius 2 is 0.789 bits per heavy atom. The van der Waals surface area contributed by atoms with Crippen molar-refractivity contribution in [3.8, 4) is 23.0 Å². The van der Waals surface area contributed by atoms with Crippen LogP contribution in [0.25, 0.3) is 75.4 Å². The molecule has 0 saturated heterocycles. The number of rotatable bonds is 13. The van der Waals surface area contributed by atoms with Gasteiger partial charge in [-0.2, -0.15) is 0 Å². The molecule has 0 spiro atoms. The average molecular weight is 1030 g/mol. The second kappa shape index (κ2) is 23.5. The molecule has 0 aliphatic rings. The van der Waals surface area contributed by atoms with Crippen molar-refractivity contribution in [2.24, 2.45) is 11.8 Å². The number of hydrogen-bond acceptors (Lipinski definition) is 16. The van der Waals surface area contributed by atoms with Gasteiger partial charge in [-0.3, -0.25) is 37.9 Å². The fraction of sp³-hybridized carbons (Fsp3) is 0.286. The molecular formula is C56H54B2N2O16. The molecule has 76 heavy (non-hydrogen) atoms. The molecule has 0 bridgehead atoms. The molecule has 3 heterocycles. The molecule has 6 N–H and O–H groups in total. The van der Waals surface area contributed by atoms with Crippen LogP contribution in [0.1, 0.15) is 79.1 Å². The van der Waals surface area contributed by atoms with Gasteiger partial charge in [-0.05, 0) is 61.1 Å². The molecule has 390 valence electrons. The number of nitrogens with zero attached hydrogens (tertiary/aromatic N) is 2. The Balaban J connectivity index is 0.000000175. The summed E-state index contributed by atoms with van der Waals surface area (Å²) in [6.45, 7) is 8.92. The molecule has 10 aromatic rings. The van der Waals surface area contributed by atoms with E-state index in [1.54, 1.807) is 24.3 Å². The minimum absolute atomic E-state index is 0.0278. The number of hydrogen-bond donors (Lipinski definition) is 6. The number of phenolic OH excluding ortho intramolecular Hbond substituents is 4. The minimum atomic E-state index is -1.80. The predicted octanol–water partition coefficient (Wildman–Crippen LogP) is 6.22. The summed E-state index contributed by atoms with van der Waals surface area (Å²) >= 11 is 0. The molecule has 7 aromatic carbocycles. The van der Waals surface area contributed by atoms with Gasteiger partial charge in [0.1, 0.15) is 23.0 Å². The molecule has 2 atom stereocenters. The van der Waals surface area contributed by atoms with Gasteiger partial charge in [0.25, 0.3) is 22.2 Å². The fourth-order valence-electron chi connectivity index (χ4n) is 9.64. The van der Waals surface area contributed by atoms with Gasteiger partial charge in [0, 0.05) is 45.4 Å². The number of aromatic nitrogens is 2. The van der Waals surface area contributed by atoms with Crippen LogP contribution in [0.3, 0.4) is 0 Å². The summed E-state index contributed by atoms with van der Waals surface area (Å²) in [6, 6.07) is 21.7. The maximum absolute atomic E-state index is 13.2. The van der Waals surface area contributed by atoms with Crippen molar-refractivity contribution in [1.82, 2.24) is 9.13 Å². The Labute approximate surface area is 431 Å². The predicted molar refractivity (Wildman–Crippen MR) is 295 cm³/mol. The summed E-state index contributed by atoms with van der Waals surface area (Å²) in [5.41, 5.74) is -4.46. The van der Waals surface area contributed by atoms with Crippen LogP contribution in [0, 0.1) is 11.8 Å². The van der Waals surface area contributed by atoms with E-state index in [1.807, 2.05) is 26.0 Å². The molecule has 18 nitrogen and oxygen atoms in total. The number of benzene rings is 7. The van der Waals surface area contributed by atoms with E-state index in [9.17, 15) is 58.8 Å². The summed E-state index contributed by atoms with van der Waals surface area (Å²) in [5.74, 6) is -0.153. The Bertz CT molecular complexity index is 4040. The van der Waals surface area contributed by atoms with E-state index in [2.05, 4.69) is 18.3 Å². The van der Waals surface area contributed by atoms with Gasteiger partial charge in [0.05, 0.1) is 43.1 Å². The summed E-state index contributed by atoms with van der Waals surface area (Å²) in [4.78, 5) is 101. The fourth-order valence-corrected chi connectivity index (χ4v) is 9.64. The third-order valence-electron chi connectivity index (χ3n) is 13.9. The van der Waals surface area contributed by atoms with E-state index < -0.39 is 62.9 Å². The van der Waals surface area contributed by atoms with Gasteiger partial charge >= 0.3 is 40.1 Å². The zero-order chi connectivity index (χ0) is 55.3. The van der Waals surface area contributed by atoms with E-state index in [0.717, 1.165) is 51.4 Å². The first-order chi connectivity index (χ1) is 36.3. The third-order valence-corrected chi connectivity index (χ3v) is 13.9. The summed E-state index contributed by atoms with van der Waals surface area (Å²) < 4.78 is 16.0. The molecule has 0 radical (unpaired) electrons. The van der Waals surface area contributed by atoms with Crippen molar-refractivity contribution in [2.75, 3.05) is 0 Å². The van der Waals surface area contributed by atoms with Crippen LogP contribution >= 0.6 is 0 Å². The number of furan rings is 1. The van der Waals surface area contributed by atoms with Crippen LogP contribution in [0.2, 0.25) is 0 Å². The molecule has 0 aliphatic heterocycles. The van der Waals surface area contributed by atoms with Crippen molar-refractivity contribution < 1.29 is 39.6 Å². The number of phenols is 4. The van der Waals surface area contributed by atoms with Gasteiger partial charge < -0.3 is 24.8 Å². The first-order valence-electron chi connectivity index (χ1n) is 25.0. The summed E-state index contributed by atoms with van der Waals surface area (Å²) in [6.07, 6.45) is 7.72. The molecule has 0 fully saturated rings. The standard InChI is InChI=1S/C28H25NO6.C18H19NO5.C10H8O2.B2H2O3/c1-3-5-8-14(4-2)13-29-27(34)19-11-17-18(12-20(19)28(29)35)26(33)22-21(25(17)32)23(30)15-9-6-7-10-16(15)24(22)31;1-3-5-6-10(4-2)9-19-15(20)11-7-13-14(8-12(11)16(19)21)18(23)24-17(13)22;11-9-5-6-10(12)8-4-2-1-3-7(8)9;3-1-2(4)5/h6-7,9-12,14,32-33H,3-5,8,13H2,1-2H3;7-8,10H,3-6,9H2,1-2H3;1-6,11-12H;4-5H. The smallest absolute Gasteiger partial charge is 0.123 e. The largest absolute Gasteiger partial charge is 0.507 e. The second-order valence-electron chi connectivity index (χ2n) is 18.7. The van der Waals surface area contributed by atoms with Crippen LogP contribution in [-0.2, 0) is 17.8 Å². The Morgan fingerprint density at radius 1 is 0.474 bits per heavy atom. The zero-order valence-corrected chi connectivity index (χ0v) is 42.1. The van der Waals surface area contributed by atoms with Crippen LogP contribution in [-0.4, -0.2) is 53.7 Å². The number of fused-ring (bicyclic) bond motifs is 7. The SMILES string of the molecule is CCCCC(CC)Cn1c(=O)c2cc3c(=O)oc(=O)c3cc2c1=O.CCCCC(CC)Cn1c(=O)c2cc3c(O)c4c(=O)c5ccccc5c(=O)c4c(O)c3cc2c1=O.O=BB(O)O.Oc1ccc(O)c2ccccc12. The normalized spacial score (nSPS) is 12.1. The maximum Gasteiger partial charge on any atom is 0.123 e. The average Bonchev–Trinajstić information content (AvgIpc) is 3.98. The molecule has 0 saturated carbocycles. The quantitative estimate of drug-likeness (QED) is 0.0424. The summed E-state index contributed by atoms with van der Waals surface area (Å²) in [5, 5.41) is 57.8. The van der Waals surface area contributed by atoms with Gasteiger partial charge in [0.15, 0.2) is 10.9 Å². The van der Waals surface area contributed by atoms with Gasteiger partial charge in [-0.1, -0.05) is 115 Å². The van der Waals surface area contributed by atoms with E-state index in [1.165, 1.54) is 57.7 Å². The van der Waals surface area contributed by atoms with E-state index in [-0.39, 0.29) is 95.0 Å². The first kappa shape index (κ1) is 55.4. The topological polar surface area (TPSA) is 298 Å². The molecule has 10 rings (SSSR count). The Kier molecular flexibility index (Phi) is 17.1. The molecule has 20 heteroatoms. The van der Waals surface area contributed by atoms with E-state index in [0.29, 0.717) is 23.9 Å². The van der Waals surface area contributed by atoms with Crippen LogP contribution in [0.5, 0.6) is 23.0 Å². The molecule has 3 aromatic heterocycles. The van der Waals surface area contributed by atoms with Crippen LogP contribution < -0.4 is 44.3 Å².